The van der Waals surface area contributed by atoms with Crippen molar-refractivity contribution in [1.29, 1.82) is 0 Å². The molecule has 0 aromatic carbocycles. The molecule has 1 aliphatic rings. The van der Waals surface area contributed by atoms with Crippen LogP contribution in [0, 0.1) is 13.8 Å². The molecule has 94 valence electrons. The number of hydrogen-bond acceptors (Lipinski definition) is 3. The van der Waals surface area contributed by atoms with Crippen molar-refractivity contribution < 1.29 is 9.53 Å². The molecule has 1 saturated heterocycles. The summed E-state index contributed by atoms with van der Waals surface area (Å²) in [5.74, 6) is 0.0151. The number of carbonyl (C=O) groups excluding carboxylic acids is 1. The number of H-pyrrole nitrogens is 1. The predicted octanol–water partition coefficient (Wildman–Crippen LogP) is 0.864. The third kappa shape index (κ3) is 2.85. The lowest BCUT2D eigenvalue weighted by atomic mass is 10.1. The Morgan fingerprint density at radius 3 is 3.00 bits per heavy atom. The summed E-state index contributed by atoms with van der Waals surface area (Å²) in [5, 5.41) is 9.98. The predicted molar refractivity (Wildman–Crippen MR) is 63.7 cm³/mol. The van der Waals surface area contributed by atoms with Crippen LogP contribution in [-0.2, 0) is 16.0 Å². The molecule has 2 rings (SSSR count). The topological polar surface area (TPSA) is 67.0 Å². The van der Waals surface area contributed by atoms with Crippen LogP contribution in [0.15, 0.2) is 0 Å². The van der Waals surface area contributed by atoms with Crippen LogP contribution in [0.1, 0.15) is 29.8 Å². The molecule has 5 heteroatoms. The average Bonchev–Trinajstić information content (AvgIpc) is 2.93. The fraction of sp³-hybridized carbons (Fsp3) is 0.667. The fourth-order valence-corrected chi connectivity index (χ4v) is 2.15. The van der Waals surface area contributed by atoms with Gasteiger partial charge in [-0.2, -0.15) is 5.10 Å². The van der Waals surface area contributed by atoms with Gasteiger partial charge in [-0.15, -0.1) is 0 Å². The van der Waals surface area contributed by atoms with Crippen molar-refractivity contribution in [2.24, 2.45) is 0 Å². The number of amides is 1. The molecule has 1 fully saturated rings. The van der Waals surface area contributed by atoms with E-state index >= 15 is 0 Å². The van der Waals surface area contributed by atoms with E-state index in [2.05, 4.69) is 15.5 Å². The molecule has 1 aromatic heterocycles. The summed E-state index contributed by atoms with van der Waals surface area (Å²) < 4.78 is 5.32. The summed E-state index contributed by atoms with van der Waals surface area (Å²) in [7, 11) is 0. The molecule has 0 radical (unpaired) electrons. The average molecular weight is 237 g/mol. The largest absolute Gasteiger partial charge is 0.368 e. The van der Waals surface area contributed by atoms with E-state index in [0.29, 0.717) is 13.2 Å². The molecule has 1 aliphatic heterocycles. The standard InChI is InChI=1S/C12H19N3O2/c1-8-10(9(2)15-14-8)5-6-13-12(16)11-4-3-7-17-11/h11H,3-7H2,1-2H3,(H,13,16)(H,14,15). The second-order valence-corrected chi connectivity index (χ2v) is 4.46. The fourth-order valence-electron chi connectivity index (χ4n) is 2.15. The van der Waals surface area contributed by atoms with E-state index in [1.807, 2.05) is 13.8 Å². The Balaban J connectivity index is 1.77. The maximum Gasteiger partial charge on any atom is 0.249 e. The summed E-state index contributed by atoms with van der Waals surface area (Å²) in [6.45, 7) is 5.32. The highest BCUT2D eigenvalue weighted by atomic mass is 16.5. The van der Waals surface area contributed by atoms with E-state index in [1.165, 1.54) is 5.56 Å². The lowest BCUT2D eigenvalue weighted by Crippen LogP contribution is -2.35. The Morgan fingerprint density at radius 1 is 1.59 bits per heavy atom. The molecule has 1 amide bonds. The monoisotopic (exact) mass is 237 g/mol. The third-order valence-corrected chi connectivity index (χ3v) is 3.18. The smallest absolute Gasteiger partial charge is 0.249 e. The van der Waals surface area contributed by atoms with Crippen molar-refractivity contribution in [3.05, 3.63) is 17.0 Å². The lowest BCUT2D eigenvalue weighted by Gasteiger charge is -2.10. The number of rotatable bonds is 4. The van der Waals surface area contributed by atoms with Crippen LogP contribution in [0.3, 0.4) is 0 Å². The molecule has 17 heavy (non-hydrogen) atoms. The number of nitrogens with one attached hydrogen (secondary N) is 2. The van der Waals surface area contributed by atoms with Gasteiger partial charge in [0.15, 0.2) is 0 Å². The number of nitrogens with zero attached hydrogens (tertiary/aromatic N) is 1. The first-order valence-corrected chi connectivity index (χ1v) is 6.08. The van der Waals surface area contributed by atoms with Crippen LogP contribution >= 0.6 is 0 Å². The van der Waals surface area contributed by atoms with Crippen molar-refractivity contribution in [3.8, 4) is 0 Å². The Bertz CT molecular complexity index is 375. The second kappa shape index (κ2) is 5.31. The number of aromatic amines is 1. The minimum Gasteiger partial charge on any atom is -0.368 e. The van der Waals surface area contributed by atoms with Crippen LogP contribution in [0.2, 0.25) is 0 Å². The Kier molecular flexibility index (Phi) is 3.78. The van der Waals surface area contributed by atoms with Gasteiger partial charge >= 0.3 is 0 Å². The summed E-state index contributed by atoms with van der Waals surface area (Å²) in [6, 6.07) is 0. The van der Waals surface area contributed by atoms with Gasteiger partial charge in [0.1, 0.15) is 6.10 Å². The van der Waals surface area contributed by atoms with Crippen molar-refractivity contribution in [2.45, 2.75) is 39.2 Å². The summed E-state index contributed by atoms with van der Waals surface area (Å²) in [6.07, 6.45) is 2.40. The number of ether oxygens (including phenoxy) is 1. The number of hydrogen-bond donors (Lipinski definition) is 2. The zero-order valence-electron chi connectivity index (χ0n) is 10.4. The van der Waals surface area contributed by atoms with Gasteiger partial charge in [0.05, 0.1) is 5.69 Å². The molecule has 0 bridgehead atoms. The van der Waals surface area contributed by atoms with Crippen LogP contribution in [0.5, 0.6) is 0 Å². The van der Waals surface area contributed by atoms with Crippen molar-refractivity contribution in [1.82, 2.24) is 15.5 Å². The molecule has 1 aromatic rings. The highest BCUT2D eigenvalue weighted by molar-refractivity contribution is 5.80. The SMILES string of the molecule is Cc1n[nH]c(C)c1CCNC(=O)C1CCCO1. The van der Waals surface area contributed by atoms with E-state index < -0.39 is 0 Å². The lowest BCUT2D eigenvalue weighted by molar-refractivity contribution is -0.129. The van der Waals surface area contributed by atoms with Crippen molar-refractivity contribution in [3.63, 3.8) is 0 Å². The normalized spacial score (nSPS) is 19.5. The zero-order chi connectivity index (χ0) is 12.3. The summed E-state index contributed by atoms with van der Waals surface area (Å²) in [4.78, 5) is 11.7. The molecule has 2 N–H and O–H groups in total. The van der Waals surface area contributed by atoms with Gasteiger partial charge in [-0.25, -0.2) is 0 Å². The molecule has 1 unspecified atom stereocenters. The van der Waals surface area contributed by atoms with E-state index in [1.54, 1.807) is 0 Å². The van der Waals surface area contributed by atoms with Crippen molar-refractivity contribution >= 4 is 5.91 Å². The van der Waals surface area contributed by atoms with Gasteiger partial charge in [0, 0.05) is 18.8 Å². The zero-order valence-corrected chi connectivity index (χ0v) is 10.4. The Hall–Kier alpha value is -1.36. The first kappa shape index (κ1) is 12.1. The summed E-state index contributed by atoms with van der Waals surface area (Å²) >= 11 is 0. The Morgan fingerprint density at radius 2 is 2.41 bits per heavy atom. The molecule has 2 heterocycles. The van der Waals surface area contributed by atoms with Gasteiger partial charge in [-0.05, 0) is 38.7 Å². The maximum absolute atomic E-state index is 11.7. The van der Waals surface area contributed by atoms with Gasteiger partial charge < -0.3 is 10.1 Å². The summed E-state index contributed by atoms with van der Waals surface area (Å²) in [5.41, 5.74) is 3.28. The third-order valence-electron chi connectivity index (χ3n) is 3.18. The Labute approximate surface area is 101 Å². The van der Waals surface area contributed by atoms with Gasteiger partial charge in [-0.1, -0.05) is 0 Å². The van der Waals surface area contributed by atoms with Crippen LogP contribution in [0.4, 0.5) is 0 Å². The van der Waals surface area contributed by atoms with E-state index in [0.717, 1.165) is 30.7 Å². The number of carbonyl (C=O) groups is 1. The number of aryl methyl sites for hydroxylation is 2. The highest BCUT2D eigenvalue weighted by Crippen LogP contribution is 2.12. The molecule has 1 atom stereocenters. The minimum atomic E-state index is -0.235. The maximum atomic E-state index is 11.7. The molecule has 0 spiro atoms. The van der Waals surface area contributed by atoms with Crippen LogP contribution in [-0.4, -0.2) is 35.4 Å². The van der Waals surface area contributed by atoms with Gasteiger partial charge in [-0.3, -0.25) is 9.89 Å². The quantitative estimate of drug-likeness (QED) is 0.816. The molecule has 0 aliphatic carbocycles. The molecular formula is C12H19N3O2. The van der Waals surface area contributed by atoms with Gasteiger partial charge in [0.25, 0.3) is 0 Å². The second-order valence-electron chi connectivity index (χ2n) is 4.46. The number of aromatic nitrogens is 2. The molecular weight excluding hydrogens is 218 g/mol. The highest BCUT2D eigenvalue weighted by Gasteiger charge is 2.22. The van der Waals surface area contributed by atoms with E-state index in [-0.39, 0.29) is 12.0 Å². The molecule has 5 nitrogen and oxygen atoms in total. The molecule has 0 saturated carbocycles. The van der Waals surface area contributed by atoms with E-state index in [9.17, 15) is 4.79 Å². The minimum absolute atomic E-state index is 0.0151. The van der Waals surface area contributed by atoms with Crippen LogP contribution < -0.4 is 5.32 Å². The van der Waals surface area contributed by atoms with Gasteiger partial charge in [0.2, 0.25) is 5.91 Å². The van der Waals surface area contributed by atoms with E-state index in [4.69, 9.17) is 4.74 Å². The van der Waals surface area contributed by atoms with Crippen molar-refractivity contribution in [2.75, 3.05) is 13.2 Å². The first-order valence-electron chi connectivity index (χ1n) is 6.08. The first-order chi connectivity index (χ1) is 8.18. The van der Waals surface area contributed by atoms with Crippen LogP contribution in [0.25, 0.3) is 0 Å².